The number of rotatable bonds is 6. The zero-order chi connectivity index (χ0) is 14.4. The van der Waals surface area contributed by atoms with Gasteiger partial charge in [-0.3, -0.25) is 9.71 Å². The van der Waals surface area contributed by atoms with Gasteiger partial charge in [0.15, 0.2) is 0 Å². The molecule has 0 bridgehead atoms. The summed E-state index contributed by atoms with van der Waals surface area (Å²) in [7, 11) is -3.44. The Morgan fingerprint density at radius 3 is 2.60 bits per heavy atom. The van der Waals surface area contributed by atoms with Crippen molar-refractivity contribution in [2.24, 2.45) is 5.73 Å². The summed E-state index contributed by atoms with van der Waals surface area (Å²) in [5.74, 6) is 0.257. The Morgan fingerprint density at radius 2 is 2.00 bits per heavy atom. The van der Waals surface area contributed by atoms with Crippen LogP contribution in [0.4, 0.5) is 5.82 Å². The van der Waals surface area contributed by atoms with Crippen LogP contribution in [0, 0.1) is 0 Å². The van der Waals surface area contributed by atoms with Gasteiger partial charge in [0.1, 0.15) is 5.82 Å². The van der Waals surface area contributed by atoms with E-state index >= 15 is 0 Å². The molecule has 0 radical (unpaired) electrons. The minimum atomic E-state index is -3.44. The molecule has 0 fully saturated rings. The molecule has 0 saturated carbocycles. The van der Waals surface area contributed by atoms with Crippen LogP contribution in [-0.4, -0.2) is 24.1 Å². The van der Waals surface area contributed by atoms with Gasteiger partial charge < -0.3 is 5.73 Å². The molecule has 2 aromatic heterocycles. The van der Waals surface area contributed by atoms with E-state index in [9.17, 15) is 8.42 Å². The van der Waals surface area contributed by atoms with Gasteiger partial charge in [0.05, 0.1) is 5.75 Å². The molecule has 0 unspecified atom stereocenters. The Balaban J connectivity index is 1.96. The van der Waals surface area contributed by atoms with Crippen molar-refractivity contribution in [1.82, 2.24) is 9.97 Å². The molecule has 0 aliphatic rings. The molecule has 2 aromatic rings. The fraction of sp³-hybridized carbons (Fsp3) is 0.231. The van der Waals surface area contributed by atoms with Crippen molar-refractivity contribution in [1.29, 1.82) is 0 Å². The molecule has 0 spiro atoms. The lowest BCUT2D eigenvalue weighted by Crippen LogP contribution is -2.19. The molecule has 3 N–H and O–H groups in total. The predicted octanol–water partition coefficient (Wildman–Crippen LogP) is 0.920. The Labute approximate surface area is 118 Å². The summed E-state index contributed by atoms with van der Waals surface area (Å²) in [5.41, 5.74) is 7.04. The van der Waals surface area contributed by atoms with Crippen LogP contribution in [0.1, 0.15) is 11.3 Å². The number of aromatic nitrogens is 2. The van der Waals surface area contributed by atoms with Gasteiger partial charge in [-0.2, -0.15) is 0 Å². The summed E-state index contributed by atoms with van der Waals surface area (Å²) in [5, 5.41) is 0. The largest absolute Gasteiger partial charge is 0.326 e. The molecule has 20 heavy (non-hydrogen) atoms. The van der Waals surface area contributed by atoms with E-state index in [0.29, 0.717) is 18.8 Å². The summed E-state index contributed by atoms with van der Waals surface area (Å²) in [6.45, 7) is 0.375. The topological polar surface area (TPSA) is 98.0 Å². The lowest BCUT2D eigenvalue weighted by Gasteiger charge is -2.07. The molecule has 2 rings (SSSR count). The maximum Gasteiger partial charge on any atom is 0.234 e. The third-order valence-corrected chi connectivity index (χ3v) is 3.94. The average molecular weight is 292 g/mol. The van der Waals surface area contributed by atoms with E-state index in [4.69, 9.17) is 5.73 Å². The lowest BCUT2D eigenvalue weighted by molar-refractivity contribution is 0.600. The van der Waals surface area contributed by atoms with E-state index in [1.54, 1.807) is 36.7 Å². The standard InChI is InChI=1S/C13H16N4O2S/c14-9-11-4-5-13(16-10-11)17-20(18,19)8-6-12-3-1-2-7-15-12/h1-5,7,10H,6,8-9,14H2,(H,16,17). The molecular weight excluding hydrogens is 276 g/mol. The lowest BCUT2D eigenvalue weighted by atomic mass is 10.3. The Morgan fingerprint density at radius 1 is 1.15 bits per heavy atom. The van der Waals surface area contributed by atoms with Crippen LogP contribution in [0.5, 0.6) is 0 Å². The van der Waals surface area contributed by atoms with Gasteiger partial charge in [-0.05, 0) is 23.8 Å². The molecule has 0 amide bonds. The average Bonchev–Trinajstić information content (AvgIpc) is 2.47. The Bertz CT molecular complexity index is 642. The SMILES string of the molecule is NCc1ccc(NS(=O)(=O)CCc2ccccn2)nc1. The second kappa shape index (κ2) is 6.44. The van der Waals surface area contributed by atoms with Crippen LogP contribution in [0.25, 0.3) is 0 Å². The smallest absolute Gasteiger partial charge is 0.234 e. The Kier molecular flexibility index (Phi) is 4.65. The third kappa shape index (κ3) is 4.29. The summed E-state index contributed by atoms with van der Waals surface area (Å²) in [6, 6.07) is 8.75. The van der Waals surface area contributed by atoms with Crippen molar-refractivity contribution in [3.05, 3.63) is 54.0 Å². The minimum Gasteiger partial charge on any atom is -0.326 e. The van der Waals surface area contributed by atoms with E-state index in [-0.39, 0.29) is 5.75 Å². The van der Waals surface area contributed by atoms with Crippen molar-refractivity contribution >= 4 is 15.8 Å². The van der Waals surface area contributed by atoms with Gasteiger partial charge in [-0.25, -0.2) is 13.4 Å². The van der Waals surface area contributed by atoms with E-state index in [2.05, 4.69) is 14.7 Å². The monoisotopic (exact) mass is 292 g/mol. The van der Waals surface area contributed by atoms with Crippen LogP contribution in [0.15, 0.2) is 42.7 Å². The highest BCUT2D eigenvalue weighted by atomic mass is 32.2. The van der Waals surface area contributed by atoms with Crippen LogP contribution < -0.4 is 10.5 Å². The number of sulfonamides is 1. The van der Waals surface area contributed by atoms with Gasteiger partial charge >= 0.3 is 0 Å². The zero-order valence-electron chi connectivity index (χ0n) is 10.9. The highest BCUT2D eigenvalue weighted by Gasteiger charge is 2.11. The number of nitrogens with zero attached hydrogens (tertiary/aromatic N) is 2. The Hall–Kier alpha value is -1.99. The molecule has 106 valence electrons. The summed E-state index contributed by atoms with van der Waals surface area (Å²) in [6.07, 6.45) is 3.55. The second-order valence-corrected chi connectivity index (χ2v) is 6.09. The number of hydrogen-bond donors (Lipinski definition) is 2. The van der Waals surface area contributed by atoms with E-state index in [1.807, 2.05) is 6.07 Å². The molecule has 0 atom stereocenters. The highest BCUT2D eigenvalue weighted by molar-refractivity contribution is 7.92. The first-order valence-electron chi connectivity index (χ1n) is 6.14. The predicted molar refractivity (Wildman–Crippen MR) is 77.5 cm³/mol. The number of hydrogen-bond acceptors (Lipinski definition) is 5. The van der Waals surface area contributed by atoms with Gasteiger partial charge in [-0.1, -0.05) is 12.1 Å². The van der Waals surface area contributed by atoms with E-state index in [1.165, 1.54) is 0 Å². The first-order chi connectivity index (χ1) is 9.59. The fourth-order valence-electron chi connectivity index (χ4n) is 1.60. The maximum atomic E-state index is 11.9. The molecule has 0 saturated heterocycles. The maximum absolute atomic E-state index is 11.9. The van der Waals surface area contributed by atoms with Gasteiger partial charge in [0.25, 0.3) is 0 Å². The van der Waals surface area contributed by atoms with Gasteiger partial charge in [0, 0.05) is 31.1 Å². The summed E-state index contributed by atoms with van der Waals surface area (Å²) in [4.78, 5) is 8.09. The number of pyridine rings is 2. The van der Waals surface area contributed by atoms with Gasteiger partial charge in [0.2, 0.25) is 10.0 Å². The minimum absolute atomic E-state index is 0.0374. The van der Waals surface area contributed by atoms with E-state index in [0.717, 1.165) is 11.3 Å². The van der Waals surface area contributed by atoms with Crippen molar-refractivity contribution < 1.29 is 8.42 Å². The first-order valence-corrected chi connectivity index (χ1v) is 7.80. The van der Waals surface area contributed by atoms with Crippen molar-refractivity contribution in [3.8, 4) is 0 Å². The van der Waals surface area contributed by atoms with Gasteiger partial charge in [-0.15, -0.1) is 0 Å². The third-order valence-electron chi connectivity index (χ3n) is 2.67. The first kappa shape index (κ1) is 14.4. The second-order valence-electron chi connectivity index (χ2n) is 4.25. The quantitative estimate of drug-likeness (QED) is 0.825. The van der Waals surface area contributed by atoms with Crippen molar-refractivity contribution in [3.63, 3.8) is 0 Å². The number of nitrogens with two attached hydrogens (primary N) is 1. The van der Waals surface area contributed by atoms with Crippen LogP contribution in [0.2, 0.25) is 0 Å². The number of aryl methyl sites for hydroxylation is 1. The summed E-state index contributed by atoms with van der Waals surface area (Å²) >= 11 is 0. The summed E-state index contributed by atoms with van der Waals surface area (Å²) < 4.78 is 26.3. The van der Waals surface area contributed by atoms with E-state index < -0.39 is 10.0 Å². The van der Waals surface area contributed by atoms with Crippen molar-refractivity contribution in [2.75, 3.05) is 10.5 Å². The van der Waals surface area contributed by atoms with Crippen LogP contribution in [-0.2, 0) is 23.0 Å². The molecule has 0 aromatic carbocycles. The zero-order valence-corrected chi connectivity index (χ0v) is 11.7. The highest BCUT2D eigenvalue weighted by Crippen LogP contribution is 2.08. The van der Waals surface area contributed by atoms with Crippen molar-refractivity contribution in [2.45, 2.75) is 13.0 Å². The molecule has 0 aliphatic carbocycles. The van der Waals surface area contributed by atoms with Crippen LogP contribution in [0.3, 0.4) is 0 Å². The molecule has 6 nitrogen and oxygen atoms in total. The molecule has 7 heteroatoms. The van der Waals surface area contributed by atoms with Crippen LogP contribution >= 0.6 is 0 Å². The fourth-order valence-corrected chi connectivity index (χ4v) is 2.62. The molecule has 0 aliphatic heterocycles. The molecule has 2 heterocycles. The molecular formula is C13H16N4O2S. The number of nitrogens with one attached hydrogen (secondary N) is 1. The normalized spacial score (nSPS) is 11.2. The number of anilines is 1.